The zero-order chi connectivity index (χ0) is 37.0. The first kappa shape index (κ1) is 35.3. The molecule has 0 atom stereocenters. The highest BCUT2D eigenvalue weighted by Crippen LogP contribution is 2.56. The Bertz CT molecular complexity index is 2080. The molecule has 6 heteroatoms. The lowest BCUT2D eigenvalue weighted by Gasteiger charge is -2.34. The number of benzene rings is 6. The number of hydrogen-bond donors (Lipinski definition) is 2. The van der Waals surface area contributed by atoms with E-state index >= 15 is 0 Å². The number of amides is 2. The van der Waals surface area contributed by atoms with Crippen molar-refractivity contribution >= 4 is 23.2 Å². The van der Waals surface area contributed by atoms with Crippen molar-refractivity contribution < 1.29 is 19.1 Å². The van der Waals surface area contributed by atoms with Crippen LogP contribution < -0.4 is 20.1 Å². The molecule has 6 aromatic carbocycles. The van der Waals surface area contributed by atoms with Crippen molar-refractivity contribution in [3.63, 3.8) is 0 Å². The first-order chi connectivity index (χ1) is 25.8. The average Bonchev–Trinajstić information content (AvgIpc) is 3.48. The maximum Gasteiger partial charge on any atom is 0.262 e. The summed E-state index contributed by atoms with van der Waals surface area (Å²) in [4.78, 5) is 26.0. The van der Waals surface area contributed by atoms with Gasteiger partial charge in [-0.2, -0.15) is 0 Å². The van der Waals surface area contributed by atoms with E-state index in [1.54, 1.807) is 0 Å². The van der Waals surface area contributed by atoms with Gasteiger partial charge in [-0.25, -0.2) is 0 Å². The van der Waals surface area contributed by atoms with Crippen LogP contribution in [0.15, 0.2) is 146 Å². The average molecular weight is 701 g/mol. The summed E-state index contributed by atoms with van der Waals surface area (Å²) in [5.41, 5.74) is 9.69. The molecule has 0 fully saturated rings. The van der Waals surface area contributed by atoms with E-state index in [1.165, 1.54) is 22.3 Å². The Kier molecular flexibility index (Phi) is 10.1. The number of nitrogens with one attached hydrogen (secondary N) is 2. The predicted octanol–water partition coefficient (Wildman–Crippen LogP) is 10.3. The first-order valence-corrected chi connectivity index (χ1v) is 18.2. The molecular formula is C47H44N2O4. The number of hydrogen-bond acceptors (Lipinski definition) is 4. The third kappa shape index (κ3) is 7.05. The molecule has 0 aliphatic heterocycles. The van der Waals surface area contributed by atoms with Gasteiger partial charge in [0.05, 0.1) is 5.41 Å². The molecule has 2 N–H and O–H groups in total. The van der Waals surface area contributed by atoms with Gasteiger partial charge in [-0.15, -0.1) is 0 Å². The van der Waals surface area contributed by atoms with Crippen molar-refractivity contribution in [3.05, 3.63) is 179 Å². The van der Waals surface area contributed by atoms with Gasteiger partial charge < -0.3 is 20.1 Å². The second kappa shape index (κ2) is 15.2. The molecule has 266 valence electrons. The molecule has 1 aliphatic carbocycles. The van der Waals surface area contributed by atoms with E-state index < -0.39 is 5.41 Å². The lowest BCUT2D eigenvalue weighted by molar-refractivity contribution is -0.118. The summed E-state index contributed by atoms with van der Waals surface area (Å²) in [6.45, 7) is 8.25. The van der Waals surface area contributed by atoms with Crippen molar-refractivity contribution in [2.24, 2.45) is 0 Å². The molecule has 0 unspecified atom stereocenters. The van der Waals surface area contributed by atoms with Gasteiger partial charge in [0.1, 0.15) is 11.5 Å². The van der Waals surface area contributed by atoms with Crippen LogP contribution in [-0.4, -0.2) is 25.0 Å². The van der Waals surface area contributed by atoms with E-state index in [-0.39, 0.29) is 36.9 Å². The second-order valence-corrected chi connectivity index (χ2v) is 14.1. The third-order valence-corrected chi connectivity index (χ3v) is 9.96. The molecule has 6 aromatic rings. The zero-order valence-corrected chi connectivity index (χ0v) is 30.6. The van der Waals surface area contributed by atoms with Crippen molar-refractivity contribution in [2.45, 2.75) is 44.9 Å². The fourth-order valence-corrected chi connectivity index (χ4v) is 7.49. The van der Waals surface area contributed by atoms with Crippen LogP contribution in [-0.2, 0) is 15.0 Å². The minimum Gasteiger partial charge on any atom is -0.483 e. The van der Waals surface area contributed by atoms with Gasteiger partial charge in [-0.1, -0.05) is 137 Å². The van der Waals surface area contributed by atoms with Crippen LogP contribution in [0.3, 0.4) is 0 Å². The fraction of sp³-hybridized carbons (Fsp3) is 0.191. The molecule has 0 heterocycles. The van der Waals surface area contributed by atoms with Crippen LogP contribution in [0, 0.1) is 0 Å². The maximum absolute atomic E-state index is 13.0. The Morgan fingerprint density at radius 1 is 0.491 bits per heavy atom. The van der Waals surface area contributed by atoms with Gasteiger partial charge in [0.2, 0.25) is 0 Å². The highest BCUT2D eigenvalue weighted by atomic mass is 16.5. The number of anilines is 2. The SMILES string of the molecule is CC(C)c1ccccc1OCC(=O)Nc1ccc(C2(c3ccc(NC(=O)COc4ccccc4C(C)C)cc3)c3ccccc3-c3ccccc32)cc1. The van der Waals surface area contributed by atoms with Crippen molar-refractivity contribution in [2.75, 3.05) is 23.8 Å². The minimum absolute atomic E-state index is 0.0869. The lowest BCUT2D eigenvalue weighted by Crippen LogP contribution is -2.29. The Balaban J connectivity index is 1.14. The van der Waals surface area contributed by atoms with Gasteiger partial charge >= 0.3 is 0 Å². The predicted molar refractivity (Wildman–Crippen MR) is 213 cm³/mol. The largest absolute Gasteiger partial charge is 0.483 e. The molecule has 0 spiro atoms. The molecule has 0 bridgehead atoms. The molecule has 7 rings (SSSR count). The Hall–Kier alpha value is -6.14. The molecule has 0 radical (unpaired) electrons. The lowest BCUT2D eigenvalue weighted by atomic mass is 9.67. The first-order valence-electron chi connectivity index (χ1n) is 18.2. The number of carbonyl (C=O) groups is 2. The Morgan fingerprint density at radius 3 is 1.25 bits per heavy atom. The van der Waals surface area contributed by atoms with Crippen LogP contribution in [0.1, 0.15) is 72.9 Å². The molecule has 0 saturated heterocycles. The van der Waals surface area contributed by atoms with E-state index in [0.717, 1.165) is 33.8 Å². The number of rotatable bonds is 12. The summed E-state index contributed by atoms with van der Waals surface area (Å²) in [5.74, 6) is 1.56. The van der Waals surface area contributed by atoms with E-state index in [9.17, 15) is 9.59 Å². The zero-order valence-electron chi connectivity index (χ0n) is 30.6. The van der Waals surface area contributed by atoms with Gasteiger partial charge in [0.25, 0.3) is 11.8 Å². The quantitative estimate of drug-likeness (QED) is 0.133. The summed E-state index contributed by atoms with van der Waals surface area (Å²) in [5, 5.41) is 6.02. The molecule has 0 aromatic heterocycles. The van der Waals surface area contributed by atoms with Crippen LogP contribution in [0.2, 0.25) is 0 Å². The van der Waals surface area contributed by atoms with Gasteiger partial charge in [0.15, 0.2) is 13.2 Å². The fourth-order valence-electron chi connectivity index (χ4n) is 7.49. The molecule has 0 saturated carbocycles. The van der Waals surface area contributed by atoms with Gasteiger partial charge in [0, 0.05) is 11.4 Å². The molecule has 1 aliphatic rings. The maximum atomic E-state index is 13.0. The van der Waals surface area contributed by atoms with E-state index in [0.29, 0.717) is 11.4 Å². The van der Waals surface area contributed by atoms with Crippen LogP contribution >= 0.6 is 0 Å². The molecule has 53 heavy (non-hydrogen) atoms. The third-order valence-electron chi connectivity index (χ3n) is 9.96. The van der Waals surface area contributed by atoms with E-state index in [4.69, 9.17) is 9.47 Å². The Morgan fingerprint density at radius 2 is 0.849 bits per heavy atom. The highest BCUT2D eigenvalue weighted by Gasteiger charge is 2.45. The van der Waals surface area contributed by atoms with Crippen LogP contribution in [0.5, 0.6) is 11.5 Å². The number of ether oxygens (including phenoxy) is 2. The normalized spacial score (nSPS) is 12.6. The van der Waals surface area contributed by atoms with Crippen LogP contribution in [0.25, 0.3) is 11.1 Å². The molecule has 2 amide bonds. The smallest absolute Gasteiger partial charge is 0.262 e. The van der Waals surface area contributed by atoms with Crippen molar-refractivity contribution in [3.8, 4) is 22.6 Å². The van der Waals surface area contributed by atoms with Crippen molar-refractivity contribution in [1.29, 1.82) is 0 Å². The molecular weight excluding hydrogens is 657 g/mol. The summed E-state index contributed by atoms with van der Waals surface area (Å²) >= 11 is 0. The van der Waals surface area contributed by atoms with Gasteiger partial charge in [-0.3, -0.25) is 9.59 Å². The molecule has 6 nitrogen and oxygen atoms in total. The van der Waals surface area contributed by atoms with E-state index in [2.05, 4.69) is 111 Å². The summed E-state index contributed by atoms with van der Waals surface area (Å²) in [6, 6.07) is 48.9. The van der Waals surface area contributed by atoms with Crippen LogP contribution in [0.4, 0.5) is 11.4 Å². The standard InChI is InChI=1S/C47H44N2O4/c1-31(2)37-13-7-11-19-43(37)52-29-45(50)48-35-25-21-33(22-26-35)47(41-17-9-5-15-39(41)40-16-6-10-18-42(40)47)34-23-27-36(28-24-34)49-46(51)30-53-44-20-12-8-14-38(44)32(3)4/h5-28,31-32H,29-30H2,1-4H3,(H,48,50)(H,49,51). The summed E-state index contributed by atoms with van der Waals surface area (Å²) < 4.78 is 11.8. The summed E-state index contributed by atoms with van der Waals surface area (Å²) in [6.07, 6.45) is 0. The second-order valence-electron chi connectivity index (χ2n) is 14.1. The van der Waals surface area contributed by atoms with Crippen molar-refractivity contribution in [1.82, 2.24) is 0 Å². The topological polar surface area (TPSA) is 76.7 Å². The van der Waals surface area contributed by atoms with E-state index in [1.807, 2.05) is 72.8 Å². The number of para-hydroxylation sites is 2. The minimum atomic E-state index is -0.633. The van der Waals surface area contributed by atoms with Gasteiger partial charge in [-0.05, 0) is 92.7 Å². The number of fused-ring (bicyclic) bond motifs is 3. The summed E-state index contributed by atoms with van der Waals surface area (Å²) in [7, 11) is 0. The number of carbonyl (C=O) groups excluding carboxylic acids is 2. The Labute approximate surface area is 311 Å². The monoisotopic (exact) mass is 700 g/mol. The highest BCUT2D eigenvalue weighted by molar-refractivity contribution is 5.93.